The van der Waals surface area contributed by atoms with Crippen molar-refractivity contribution in [3.8, 4) is 0 Å². The molecule has 0 saturated heterocycles. The molecule has 0 aromatic carbocycles. The average Bonchev–Trinajstić information content (AvgIpc) is 2.60. The van der Waals surface area contributed by atoms with Gasteiger partial charge < -0.3 is 4.98 Å². The molecule has 0 aliphatic carbocycles. The first-order valence-corrected chi connectivity index (χ1v) is 3.60. The Morgan fingerprint density at radius 1 is 1.69 bits per heavy atom. The lowest BCUT2D eigenvalue weighted by atomic mass is 10.5. The van der Waals surface area contributed by atoms with Gasteiger partial charge in [-0.05, 0) is 0 Å². The summed E-state index contributed by atoms with van der Waals surface area (Å²) in [7, 11) is 1.71. The van der Waals surface area contributed by atoms with Crippen molar-refractivity contribution >= 4 is 17.1 Å². The molecule has 0 fully saturated rings. The van der Waals surface area contributed by atoms with E-state index in [1.54, 1.807) is 11.6 Å². The minimum absolute atomic E-state index is 0.282. The van der Waals surface area contributed by atoms with Crippen LogP contribution in [0.3, 0.4) is 0 Å². The smallest absolute Gasteiger partial charge is 0.300 e. The van der Waals surface area contributed by atoms with Gasteiger partial charge in [0.05, 0.1) is 6.33 Å². The second-order valence-corrected chi connectivity index (χ2v) is 2.55. The molecule has 2 rings (SSSR count). The van der Waals surface area contributed by atoms with Gasteiger partial charge in [0.1, 0.15) is 0 Å². The number of nitrogens with one attached hydrogen (secondary N) is 2. The van der Waals surface area contributed by atoms with Crippen LogP contribution in [0.15, 0.2) is 11.1 Å². The van der Waals surface area contributed by atoms with Gasteiger partial charge in [0.2, 0.25) is 5.95 Å². The molecule has 68 valence electrons. The number of anilines is 1. The maximum absolute atomic E-state index is 11.3. The highest BCUT2D eigenvalue weighted by molar-refractivity contribution is 5.70. The van der Waals surface area contributed by atoms with E-state index in [1.165, 1.54) is 6.33 Å². The number of aryl methyl sites for hydroxylation is 1. The fourth-order valence-corrected chi connectivity index (χ4v) is 1.16. The Balaban J connectivity index is 2.94. The average molecular weight is 180 g/mol. The lowest BCUT2D eigenvalue weighted by Gasteiger charge is -2.05. The molecule has 0 aliphatic rings. The predicted molar refractivity (Wildman–Crippen MR) is 46.9 cm³/mol. The second kappa shape index (κ2) is 2.56. The number of hydrogen-bond acceptors (Lipinski definition) is 5. The van der Waals surface area contributed by atoms with Crippen LogP contribution in [0.25, 0.3) is 11.2 Å². The third-order valence-corrected chi connectivity index (χ3v) is 1.81. The summed E-state index contributed by atoms with van der Waals surface area (Å²) in [6, 6.07) is 0. The molecule has 2 aromatic heterocycles. The summed E-state index contributed by atoms with van der Waals surface area (Å²) >= 11 is 0. The van der Waals surface area contributed by atoms with Gasteiger partial charge >= 0.3 is 5.56 Å². The summed E-state index contributed by atoms with van der Waals surface area (Å²) in [4.78, 5) is 21.6. The summed E-state index contributed by atoms with van der Waals surface area (Å²) in [6.45, 7) is 0. The van der Waals surface area contributed by atoms with Crippen LogP contribution in [0, 0.1) is 0 Å². The second-order valence-electron chi connectivity index (χ2n) is 2.55. The number of aromatic amines is 1. The Hall–Kier alpha value is -1.89. The molecule has 2 heterocycles. The fraction of sp³-hybridized carbons (Fsp3) is 0.167. The summed E-state index contributed by atoms with van der Waals surface area (Å²) in [5, 5.41) is 0. The molecule has 0 bridgehead atoms. The number of nitrogens with zero attached hydrogens (tertiary/aromatic N) is 3. The highest BCUT2D eigenvalue weighted by atomic mass is 16.1. The van der Waals surface area contributed by atoms with Gasteiger partial charge in [0.15, 0.2) is 11.2 Å². The van der Waals surface area contributed by atoms with E-state index in [9.17, 15) is 4.79 Å². The number of rotatable bonds is 1. The van der Waals surface area contributed by atoms with Crippen molar-refractivity contribution in [1.29, 1.82) is 0 Å². The summed E-state index contributed by atoms with van der Waals surface area (Å²) < 4.78 is 1.59. The normalized spacial score (nSPS) is 10.6. The lowest BCUT2D eigenvalue weighted by molar-refractivity contribution is 0.888. The first-order valence-electron chi connectivity index (χ1n) is 3.60. The number of aromatic nitrogens is 4. The van der Waals surface area contributed by atoms with Crippen LogP contribution in [-0.2, 0) is 7.05 Å². The van der Waals surface area contributed by atoms with Crippen molar-refractivity contribution in [3.63, 3.8) is 0 Å². The van der Waals surface area contributed by atoms with Crippen molar-refractivity contribution in [2.24, 2.45) is 12.9 Å². The minimum Gasteiger partial charge on any atom is -0.339 e. The minimum atomic E-state index is -0.376. The van der Waals surface area contributed by atoms with E-state index in [4.69, 9.17) is 5.84 Å². The molecule has 0 spiro atoms. The van der Waals surface area contributed by atoms with E-state index in [2.05, 4.69) is 20.4 Å². The number of nitrogens with two attached hydrogens (primary N) is 1. The quantitative estimate of drug-likeness (QED) is 0.383. The van der Waals surface area contributed by atoms with Gasteiger partial charge in [0, 0.05) is 7.05 Å². The van der Waals surface area contributed by atoms with Crippen LogP contribution < -0.4 is 16.8 Å². The highest BCUT2D eigenvalue weighted by Gasteiger charge is 2.07. The van der Waals surface area contributed by atoms with E-state index < -0.39 is 0 Å². The van der Waals surface area contributed by atoms with Gasteiger partial charge in [0.25, 0.3) is 0 Å². The molecule has 0 saturated carbocycles. The van der Waals surface area contributed by atoms with Crippen molar-refractivity contribution < 1.29 is 0 Å². The van der Waals surface area contributed by atoms with Crippen LogP contribution in [0.1, 0.15) is 0 Å². The van der Waals surface area contributed by atoms with Gasteiger partial charge in [-0.15, -0.1) is 0 Å². The Kier molecular flexibility index (Phi) is 1.52. The number of imidazole rings is 1. The summed E-state index contributed by atoms with van der Waals surface area (Å²) in [5.41, 5.74) is 2.84. The fourth-order valence-electron chi connectivity index (χ4n) is 1.16. The first kappa shape index (κ1) is 7.74. The van der Waals surface area contributed by atoms with Gasteiger partial charge in [-0.1, -0.05) is 0 Å². The molecule has 0 radical (unpaired) electrons. The van der Waals surface area contributed by atoms with E-state index in [1.807, 2.05) is 0 Å². The maximum atomic E-state index is 11.3. The number of nitrogen functional groups attached to an aromatic ring is 1. The zero-order valence-electron chi connectivity index (χ0n) is 6.90. The van der Waals surface area contributed by atoms with Crippen molar-refractivity contribution in [1.82, 2.24) is 19.5 Å². The van der Waals surface area contributed by atoms with E-state index >= 15 is 0 Å². The third kappa shape index (κ3) is 0.975. The number of hydrazine groups is 1. The third-order valence-electron chi connectivity index (χ3n) is 1.81. The molecule has 0 unspecified atom stereocenters. The van der Waals surface area contributed by atoms with Crippen LogP contribution >= 0.6 is 0 Å². The van der Waals surface area contributed by atoms with E-state index in [0.717, 1.165) is 0 Å². The molecule has 7 nitrogen and oxygen atoms in total. The SMILES string of the molecule is Cn1c(NN)nc(=O)c2[nH]cnc21. The standard InChI is InChI=1S/C6H8N6O/c1-12-4-3(8-2-9-4)5(13)10-6(12)11-7/h2H,7H2,1H3,(H,8,9)(H,10,11,13). The van der Waals surface area contributed by atoms with Gasteiger partial charge in [-0.3, -0.25) is 14.8 Å². The highest BCUT2D eigenvalue weighted by Crippen LogP contribution is 2.06. The lowest BCUT2D eigenvalue weighted by Crippen LogP contribution is -2.20. The first-order chi connectivity index (χ1) is 6.24. The van der Waals surface area contributed by atoms with Crippen molar-refractivity contribution in [3.05, 3.63) is 16.7 Å². The van der Waals surface area contributed by atoms with Crippen molar-refractivity contribution in [2.75, 3.05) is 5.43 Å². The maximum Gasteiger partial charge on any atom is 0.300 e. The Labute approximate surface area is 72.6 Å². The summed E-state index contributed by atoms with van der Waals surface area (Å²) in [6.07, 6.45) is 1.44. The molecule has 13 heavy (non-hydrogen) atoms. The number of fused-ring (bicyclic) bond motifs is 1. The van der Waals surface area contributed by atoms with E-state index in [0.29, 0.717) is 11.2 Å². The number of H-pyrrole nitrogens is 1. The molecule has 0 amide bonds. The molecular formula is C6H8N6O. The Morgan fingerprint density at radius 3 is 3.15 bits per heavy atom. The molecule has 7 heteroatoms. The van der Waals surface area contributed by atoms with Crippen LogP contribution in [0.4, 0.5) is 5.95 Å². The molecular weight excluding hydrogens is 172 g/mol. The van der Waals surface area contributed by atoms with Crippen molar-refractivity contribution in [2.45, 2.75) is 0 Å². The van der Waals surface area contributed by atoms with Gasteiger partial charge in [-0.25, -0.2) is 10.8 Å². The molecule has 2 aromatic rings. The van der Waals surface area contributed by atoms with Crippen LogP contribution in [-0.4, -0.2) is 19.5 Å². The largest absolute Gasteiger partial charge is 0.339 e. The monoisotopic (exact) mass is 180 g/mol. The Morgan fingerprint density at radius 2 is 2.46 bits per heavy atom. The molecule has 4 N–H and O–H groups in total. The van der Waals surface area contributed by atoms with Gasteiger partial charge in [-0.2, -0.15) is 4.98 Å². The Bertz CT molecular complexity index is 497. The molecule has 0 aliphatic heterocycles. The van der Waals surface area contributed by atoms with Crippen LogP contribution in [0.5, 0.6) is 0 Å². The zero-order chi connectivity index (χ0) is 9.42. The zero-order valence-corrected chi connectivity index (χ0v) is 6.90. The summed E-state index contributed by atoms with van der Waals surface area (Å²) in [5.74, 6) is 5.45. The van der Waals surface area contributed by atoms with Crippen LogP contribution in [0.2, 0.25) is 0 Å². The predicted octanol–water partition coefficient (Wildman–Crippen LogP) is -1.06. The topological polar surface area (TPSA) is 102 Å². The number of hydrogen-bond donors (Lipinski definition) is 3. The van der Waals surface area contributed by atoms with E-state index in [-0.39, 0.29) is 11.5 Å². The molecule has 0 atom stereocenters.